The van der Waals surface area contributed by atoms with Crippen molar-refractivity contribution in [3.05, 3.63) is 103 Å². The van der Waals surface area contributed by atoms with Crippen LogP contribution in [0.2, 0.25) is 20.1 Å². The first-order valence-corrected chi connectivity index (χ1v) is 11.4. The van der Waals surface area contributed by atoms with Gasteiger partial charge < -0.3 is 10.1 Å². The second-order valence-electron chi connectivity index (χ2n) is 7.34. The number of benzene rings is 3. The summed E-state index contributed by atoms with van der Waals surface area (Å²) in [6.45, 7) is 0.118. The lowest BCUT2D eigenvalue weighted by Crippen LogP contribution is -2.30. The molecule has 4 rings (SSSR count). The van der Waals surface area contributed by atoms with Gasteiger partial charge in [0, 0.05) is 15.6 Å². The van der Waals surface area contributed by atoms with Gasteiger partial charge in [-0.2, -0.15) is 0 Å². The van der Waals surface area contributed by atoms with Crippen molar-refractivity contribution in [3.63, 3.8) is 0 Å². The quantitative estimate of drug-likeness (QED) is 0.268. The molecule has 3 amide bonds. The van der Waals surface area contributed by atoms with Crippen LogP contribution in [-0.4, -0.2) is 16.8 Å². The Morgan fingerprint density at radius 2 is 1.59 bits per heavy atom. The van der Waals surface area contributed by atoms with E-state index in [0.29, 0.717) is 26.7 Å². The number of hydrogen-bond donors (Lipinski definition) is 1. The standard InChI is InChI=1S/C24H15Cl4FN2O3/c25-16-4-3-15(18(26)10-16)12-34-22-19(27)7-14(8-20(22)28)9-21-23(32)31(24(33)30-21)11-13-1-5-17(29)6-2-13/h1-10H,11-12H2,(H,30,33)/b21-9+. The highest BCUT2D eigenvalue weighted by Gasteiger charge is 2.33. The molecule has 0 aliphatic carbocycles. The summed E-state index contributed by atoms with van der Waals surface area (Å²) >= 11 is 24.8. The number of urea groups is 1. The van der Waals surface area contributed by atoms with E-state index >= 15 is 0 Å². The fraction of sp³-hybridized carbons (Fsp3) is 0.0833. The number of rotatable bonds is 6. The van der Waals surface area contributed by atoms with Gasteiger partial charge in [0.1, 0.15) is 18.1 Å². The highest BCUT2D eigenvalue weighted by molar-refractivity contribution is 6.37. The van der Waals surface area contributed by atoms with Gasteiger partial charge in [-0.05, 0) is 53.6 Å². The van der Waals surface area contributed by atoms with Crippen LogP contribution < -0.4 is 10.1 Å². The highest BCUT2D eigenvalue weighted by Crippen LogP contribution is 2.36. The molecular formula is C24H15Cl4FN2O3. The minimum absolute atomic E-state index is 0.00380. The maximum absolute atomic E-state index is 13.1. The molecule has 0 atom stereocenters. The molecule has 0 unspecified atom stereocenters. The zero-order valence-electron chi connectivity index (χ0n) is 17.2. The van der Waals surface area contributed by atoms with Crippen LogP contribution in [0, 0.1) is 5.82 Å². The molecule has 3 aromatic carbocycles. The van der Waals surface area contributed by atoms with Crippen molar-refractivity contribution in [1.82, 2.24) is 10.2 Å². The summed E-state index contributed by atoms with van der Waals surface area (Å²) in [5.41, 5.74) is 1.85. The average molecular weight is 540 g/mol. The Hall–Kier alpha value is -2.77. The van der Waals surface area contributed by atoms with E-state index in [9.17, 15) is 14.0 Å². The molecule has 34 heavy (non-hydrogen) atoms. The molecule has 174 valence electrons. The monoisotopic (exact) mass is 538 g/mol. The minimum Gasteiger partial charge on any atom is -0.486 e. The Balaban J connectivity index is 1.50. The van der Waals surface area contributed by atoms with Crippen LogP contribution in [0.15, 0.2) is 60.3 Å². The SMILES string of the molecule is O=C1N/C(=C/c2cc(Cl)c(OCc3ccc(Cl)cc3Cl)c(Cl)c2)C(=O)N1Cc1ccc(F)cc1. The molecular weight excluding hydrogens is 525 g/mol. The molecule has 1 aliphatic heterocycles. The van der Waals surface area contributed by atoms with Crippen molar-refractivity contribution in [1.29, 1.82) is 0 Å². The van der Waals surface area contributed by atoms with E-state index in [2.05, 4.69) is 5.32 Å². The fourth-order valence-corrected chi connectivity index (χ4v) is 4.32. The molecule has 1 N–H and O–H groups in total. The van der Waals surface area contributed by atoms with Crippen molar-refractivity contribution < 1.29 is 18.7 Å². The van der Waals surface area contributed by atoms with Crippen LogP contribution in [-0.2, 0) is 17.9 Å². The maximum atomic E-state index is 13.1. The number of carbonyl (C=O) groups excluding carboxylic acids is 2. The highest BCUT2D eigenvalue weighted by atomic mass is 35.5. The molecule has 0 aromatic heterocycles. The third kappa shape index (κ3) is 5.47. The summed E-state index contributed by atoms with van der Waals surface area (Å²) in [5, 5.41) is 3.90. The minimum atomic E-state index is -0.586. The van der Waals surface area contributed by atoms with E-state index < -0.39 is 17.8 Å². The van der Waals surface area contributed by atoms with E-state index in [1.165, 1.54) is 30.3 Å². The summed E-state index contributed by atoms with van der Waals surface area (Å²) in [7, 11) is 0. The molecule has 0 bridgehead atoms. The Bertz CT molecular complexity index is 1290. The van der Waals surface area contributed by atoms with Crippen LogP contribution in [0.4, 0.5) is 9.18 Å². The summed E-state index contributed by atoms with van der Waals surface area (Å²) in [6.07, 6.45) is 1.46. The van der Waals surface area contributed by atoms with Crippen LogP contribution in [0.25, 0.3) is 6.08 Å². The van der Waals surface area contributed by atoms with E-state index in [4.69, 9.17) is 51.1 Å². The number of amides is 3. The Morgan fingerprint density at radius 3 is 2.24 bits per heavy atom. The van der Waals surface area contributed by atoms with Gasteiger partial charge in [0.15, 0.2) is 5.75 Å². The molecule has 0 spiro atoms. The molecule has 3 aromatic rings. The number of carbonyl (C=O) groups is 2. The lowest BCUT2D eigenvalue weighted by molar-refractivity contribution is -0.123. The summed E-state index contributed by atoms with van der Waals surface area (Å²) < 4.78 is 18.9. The zero-order chi connectivity index (χ0) is 24.4. The van der Waals surface area contributed by atoms with Crippen molar-refractivity contribution in [3.8, 4) is 5.75 Å². The third-order valence-corrected chi connectivity index (χ3v) is 6.08. The maximum Gasteiger partial charge on any atom is 0.329 e. The molecule has 1 heterocycles. The van der Waals surface area contributed by atoms with Crippen LogP contribution in [0.1, 0.15) is 16.7 Å². The number of nitrogens with zero attached hydrogens (tertiary/aromatic N) is 1. The predicted molar refractivity (Wildman–Crippen MR) is 131 cm³/mol. The third-order valence-electron chi connectivity index (χ3n) is 4.93. The summed E-state index contributed by atoms with van der Waals surface area (Å²) in [5.74, 6) is -0.686. The topological polar surface area (TPSA) is 58.6 Å². The lowest BCUT2D eigenvalue weighted by Gasteiger charge is -2.12. The molecule has 10 heteroatoms. The number of hydrogen-bond acceptors (Lipinski definition) is 3. The Labute approximate surface area is 214 Å². The van der Waals surface area contributed by atoms with Crippen molar-refractivity contribution >= 4 is 64.4 Å². The van der Waals surface area contributed by atoms with E-state index in [0.717, 1.165) is 4.90 Å². The second-order valence-corrected chi connectivity index (χ2v) is 9.00. The van der Waals surface area contributed by atoms with Gasteiger partial charge in [-0.15, -0.1) is 0 Å². The van der Waals surface area contributed by atoms with Crippen molar-refractivity contribution in [2.75, 3.05) is 0 Å². The van der Waals surface area contributed by atoms with Gasteiger partial charge in [-0.3, -0.25) is 9.69 Å². The van der Waals surface area contributed by atoms with E-state index in [-0.39, 0.29) is 34.6 Å². The largest absolute Gasteiger partial charge is 0.486 e. The Morgan fingerprint density at radius 1 is 0.912 bits per heavy atom. The van der Waals surface area contributed by atoms with Crippen LogP contribution in [0.5, 0.6) is 5.75 Å². The molecule has 5 nitrogen and oxygen atoms in total. The van der Waals surface area contributed by atoms with Gasteiger partial charge in [0.25, 0.3) is 5.91 Å². The lowest BCUT2D eigenvalue weighted by atomic mass is 10.1. The van der Waals surface area contributed by atoms with Gasteiger partial charge in [-0.25, -0.2) is 9.18 Å². The zero-order valence-corrected chi connectivity index (χ0v) is 20.3. The molecule has 1 fully saturated rings. The van der Waals surface area contributed by atoms with Crippen LogP contribution >= 0.6 is 46.4 Å². The van der Waals surface area contributed by atoms with Gasteiger partial charge in [0.2, 0.25) is 0 Å². The van der Waals surface area contributed by atoms with Crippen molar-refractivity contribution in [2.24, 2.45) is 0 Å². The predicted octanol–water partition coefficient (Wildman–Crippen LogP) is 7.11. The van der Waals surface area contributed by atoms with Crippen molar-refractivity contribution in [2.45, 2.75) is 13.2 Å². The van der Waals surface area contributed by atoms with E-state index in [1.54, 1.807) is 30.3 Å². The molecule has 0 radical (unpaired) electrons. The number of halogens is 5. The van der Waals surface area contributed by atoms with E-state index in [1.807, 2.05) is 0 Å². The second kappa shape index (κ2) is 10.2. The summed E-state index contributed by atoms with van der Waals surface area (Å²) in [6, 6.07) is 13.1. The van der Waals surface area contributed by atoms with Gasteiger partial charge in [-0.1, -0.05) is 64.6 Å². The smallest absolute Gasteiger partial charge is 0.329 e. The average Bonchev–Trinajstić information content (AvgIpc) is 3.03. The van der Waals surface area contributed by atoms with Crippen LogP contribution in [0.3, 0.4) is 0 Å². The Kier molecular flexibility index (Phi) is 7.33. The molecule has 1 aliphatic rings. The van der Waals surface area contributed by atoms with Gasteiger partial charge >= 0.3 is 6.03 Å². The molecule has 0 saturated carbocycles. The first-order valence-electron chi connectivity index (χ1n) is 9.86. The normalized spacial score (nSPS) is 14.6. The number of ether oxygens (including phenoxy) is 1. The first-order chi connectivity index (χ1) is 16.2. The molecule has 1 saturated heterocycles. The number of imide groups is 1. The number of nitrogens with one attached hydrogen (secondary N) is 1. The fourth-order valence-electron chi connectivity index (χ4n) is 3.24. The first kappa shape index (κ1) is 24.4. The van der Waals surface area contributed by atoms with Gasteiger partial charge in [0.05, 0.1) is 16.6 Å². The summed E-state index contributed by atoms with van der Waals surface area (Å²) in [4.78, 5) is 26.1.